The molecule has 0 saturated carbocycles. The van der Waals surface area contributed by atoms with Crippen LogP contribution in [0.4, 0.5) is 5.95 Å². The van der Waals surface area contributed by atoms with Crippen molar-refractivity contribution in [1.82, 2.24) is 20.3 Å². The first kappa shape index (κ1) is 12.4. The van der Waals surface area contributed by atoms with E-state index in [4.69, 9.17) is 5.73 Å². The summed E-state index contributed by atoms with van der Waals surface area (Å²) in [5, 5.41) is 2.75. The number of hydrogen-bond donors (Lipinski definition) is 4. The van der Waals surface area contributed by atoms with Crippen molar-refractivity contribution in [2.24, 2.45) is 0 Å². The maximum absolute atomic E-state index is 11.6. The lowest BCUT2D eigenvalue weighted by molar-refractivity contribution is 0.0953. The summed E-state index contributed by atoms with van der Waals surface area (Å²) in [7, 11) is 0. The number of amides is 1. The van der Waals surface area contributed by atoms with Crippen LogP contribution in [0, 0.1) is 0 Å². The van der Waals surface area contributed by atoms with Crippen molar-refractivity contribution in [1.29, 1.82) is 0 Å². The van der Waals surface area contributed by atoms with E-state index in [-0.39, 0.29) is 5.91 Å². The summed E-state index contributed by atoms with van der Waals surface area (Å²) in [5.74, 6) is 0.212. The average Bonchev–Trinajstić information content (AvgIpc) is 2.93. The molecule has 0 aliphatic carbocycles. The van der Waals surface area contributed by atoms with Crippen LogP contribution in [-0.4, -0.2) is 27.4 Å². The number of carbonyl (C=O) groups is 1. The van der Waals surface area contributed by atoms with Crippen molar-refractivity contribution in [3.8, 4) is 0 Å². The van der Waals surface area contributed by atoms with Crippen LogP contribution in [0.2, 0.25) is 0 Å². The smallest absolute Gasteiger partial charge is 0.267 e. The fourth-order valence-electron chi connectivity index (χ4n) is 1.37. The van der Waals surface area contributed by atoms with Crippen LogP contribution in [0.25, 0.3) is 6.08 Å². The molecule has 2 aromatic heterocycles. The standard InChI is InChI=1S/C11H12BrN5O/c12-9-4-3-8(17-9)10(18)14-5-1-2-7-6-15-11(13)16-7/h1-4,6,17H,5H2,(H,14,18)(H3,13,15,16)/b2-1+. The minimum Gasteiger partial charge on any atom is -0.369 e. The number of imidazole rings is 1. The zero-order chi connectivity index (χ0) is 13.0. The predicted molar refractivity (Wildman–Crippen MR) is 72.9 cm³/mol. The van der Waals surface area contributed by atoms with Crippen molar-refractivity contribution < 1.29 is 4.79 Å². The Morgan fingerprint density at radius 2 is 2.33 bits per heavy atom. The van der Waals surface area contributed by atoms with Crippen molar-refractivity contribution in [2.45, 2.75) is 0 Å². The predicted octanol–water partition coefficient (Wildman–Crippen LogP) is 1.53. The highest BCUT2D eigenvalue weighted by Gasteiger charge is 2.05. The van der Waals surface area contributed by atoms with Crippen LogP contribution in [0.15, 0.2) is 29.0 Å². The molecule has 7 heteroatoms. The fourth-order valence-corrected chi connectivity index (χ4v) is 1.72. The lowest BCUT2D eigenvalue weighted by Crippen LogP contribution is -2.23. The van der Waals surface area contributed by atoms with Crippen molar-refractivity contribution in [3.05, 3.63) is 40.4 Å². The normalized spacial score (nSPS) is 10.9. The van der Waals surface area contributed by atoms with E-state index in [0.29, 0.717) is 18.2 Å². The number of H-pyrrole nitrogens is 2. The Labute approximate surface area is 112 Å². The molecule has 0 unspecified atom stereocenters. The van der Waals surface area contributed by atoms with Crippen LogP contribution in [0.5, 0.6) is 0 Å². The van der Waals surface area contributed by atoms with Crippen LogP contribution in [0.3, 0.4) is 0 Å². The third kappa shape index (κ3) is 3.24. The quantitative estimate of drug-likeness (QED) is 0.689. The van der Waals surface area contributed by atoms with E-state index in [1.807, 2.05) is 6.08 Å². The first-order chi connectivity index (χ1) is 8.65. The Balaban J connectivity index is 1.82. The van der Waals surface area contributed by atoms with Gasteiger partial charge >= 0.3 is 0 Å². The first-order valence-corrected chi connectivity index (χ1v) is 6.04. The number of nitrogen functional groups attached to an aromatic ring is 1. The summed E-state index contributed by atoms with van der Waals surface area (Å²) in [4.78, 5) is 21.2. The Bertz CT molecular complexity index is 572. The summed E-state index contributed by atoms with van der Waals surface area (Å²) in [6, 6.07) is 3.48. The lowest BCUT2D eigenvalue weighted by atomic mass is 10.4. The SMILES string of the molecule is Nc1ncc(/C=C/CNC(=O)c2ccc(Br)[nH]2)[nH]1. The number of aromatic amines is 2. The second kappa shape index (κ2) is 5.54. The molecule has 0 aliphatic heterocycles. The highest BCUT2D eigenvalue weighted by molar-refractivity contribution is 9.10. The van der Waals surface area contributed by atoms with E-state index in [0.717, 1.165) is 10.3 Å². The number of hydrogen-bond acceptors (Lipinski definition) is 3. The van der Waals surface area contributed by atoms with Gasteiger partial charge in [0.25, 0.3) is 5.91 Å². The monoisotopic (exact) mass is 309 g/mol. The summed E-state index contributed by atoms with van der Waals surface area (Å²) >= 11 is 3.24. The van der Waals surface area contributed by atoms with Crippen molar-refractivity contribution >= 4 is 33.9 Å². The van der Waals surface area contributed by atoms with Crippen molar-refractivity contribution in [3.63, 3.8) is 0 Å². The van der Waals surface area contributed by atoms with Crippen LogP contribution in [0.1, 0.15) is 16.2 Å². The van der Waals surface area contributed by atoms with Gasteiger partial charge in [-0.05, 0) is 34.1 Å². The highest BCUT2D eigenvalue weighted by Crippen LogP contribution is 2.08. The number of carbonyl (C=O) groups excluding carboxylic acids is 1. The molecule has 2 rings (SSSR count). The molecule has 2 aromatic rings. The van der Waals surface area contributed by atoms with Crippen LogP contribution in [-0.2, 0) is 0 Å². The van der Waals surface area contributed by atoms with E-state index in [1.165, 1.54) is 0 Å². The van der Waals surface area contributed by atoms with Gasteiger partial charge < -0.3 is 21.0 Å². The Kier molecular flexibility index (Phi) is 3.83. The van der Waals surface area contributed by atoms with Crippen LogP contribution >= 0.6 is 15.9 Å². The van der Waals surface area contributed by atoms with E-state index in [1.54, 1.807) is 24.4 Å². The Morgan fingerprint density at radius 1 is 1.50 bits per heavy atom. The maximum atomic E-state index is 11.6. The van der Waals surface area contributed by atoms with Gasteiger partial charge in [-0.3, -0.25) is 4.79 Å². The maximum Gasteiger partial charge on any atom is 0.267 e. The molecule has 0 fully saturated rings. The first-order valence-electron chi connectivity index (χ1n) is 5.25. The second-order valence-electron chi connectivity index (χ2n) is 3.56. The zero-order valence-electron chi connectivity index (χ0n) is 9.40. The molecule has 0 aromatic carbocycles. The Hall–Kier alpha value is -2.02. The number of rotatable bonds is 4. The minimum absolute atomic E-state index is 0.158. The highest BCUT2D eigenvalue weighted by atomic mass is 79.9. The van der Waals surface area contributed by atoms with Gasteiger partial charge in [-0.2, -0.15) is 0 Å². The van der Waals surface area contributed by atoms with E-state index < -0.39 is 0 Å². The van der Waals surface area contributed by atoms with Crippen molar-refractivity contribution in [2.75, 3.05) is 12.3 Å². The molecule has 0 atom stereocenters. The van der Waals surface area contributed by atoms with E-state index in [9.17, 15) is 4.79 Å². The largest absolute Gasteiger partial charge is 0.369 e. The molecule has 6 nitrogen and oxygen atoms in total. The van der Waals surface area contributed by atoms with Gasteiger partial charge in [-0.15, -0.1) is 0 Å². The summed E-state index contributed by atoms with van der Waals surface area (Å²) in [6.45, 7) is 0.425. The molecule has 0 bridgehead atoms. The second-order valence-corrected chi connectivity index (χ2v) is 4.41. The summed E-state index contributed by atoms with van der Waals surface area (Å²) in [6.07, 6.45) is 5.23. The summed E-state index contributed by atoms with van der Waals surface area (Å²) < 4.78 is 0.774. The Morgan fingerprint density at radius 3 is 2.94 bits per heavy atom. The topological polar surface area (TPSA) is 99.6 Å². The molecule has 18 heavy (non-hydrogen) atoms. The van der Waals surface area contributed by atoms with Crippen LogP contribution < -0.4 is 11.1 Å². The molecular formula is C11H12BrN5O. The third-order valence-electron chi connectivity index (χ3n) is 2.19. The number of nitrogens with two attached hydrogens (primary N) is 1. The molecule has 0 saturated heterocycles. The van der Waals surface area contributed by atoms with E-state index in [2.05, 4.69) is 36.2 Å². The van der Waals surface area contributed by atoms with Gasteiger partial charge in [-0.1, -0.05) is 6.08 Å². The van der Waals surface area contributed by atoms with E-state index >= 15 is 0 Å². The molecule has 94 valence electrons. The molecule has 0 aliphatic rings. The van der Waals surface area contributed by atoms with Gasteiger partial charge in [0.2, 0.25) is 0 Å². The van der Waals surface area contributed by atoms with Gasteiger partial charge in [-0.25, -0.2) is 4.98 Å². The van der Waals surface area contributed by atoms with Gasteiger partial charge in [0.15, 0.2) is 5.95 Å². The third-order valence-corrected chi connectivity index (χ3v) is 2.65. The minimum atomic E-state index is -0.158. The van der Waals surface area contributed by atoms with Gasteiger partial charge in [0, 0.05) is 6.54 Å². The number of halogens is 1. The van der Waals surface area contributed by atoms with Gasteiger partial charge in [0.05, 0.1) is 16.5 Å². The molecule has 2 heterocycles. The average molecular weight is 310 g/mol. The van der Waals surface area contributed by atoms with Gasteiger partial charge in [0.1, 0.15) is 5.69 Å². The summed E-state index contributed by atoms with van der Waals surface area (Å²) in [5.41, 5.74) is 6.74. The molecule has 0 spiro atoms. The number of nitrogens with zero attached hydrogens (tertiary/aromatic N) is 1. The molecular weight excluding hydrogens is 298 g/mol. The lowest BCUT2D eigenvalue weighted by Gasteiger charge is -1.98. The number of aromatic nitrogens is 3. The molecule has 0 radical (unpaired) electrons. The fraction of sp³-hybridized carbons (Fsp3) is 0.0909. The number of nitrogens with one attached hydrogen (secondary N) is 3. The zero-order valence-corrected chi connectivity index (χ0v) is 11.0. The number of anilines is 1. The molecule has 5 N–H and O–H groups in total. The molecule has 1 amide bonds.